The topological polar surface area (TPSA) is 73.1 Å². The molecule has 3 aromatic carbocycles. The van der Waals surface area contributed by atoms with Crippen molar-refractivity contribution in [3.05, 3.63) is 137 Å². The van der Waals surface area contributed by atoms with Gasteiger partial charge in [0, 0.05) is 34.3 Å². The highest BCUT2D eigenvalue weighted by atomic mass is 35.5. The van der Waals surface area contributed by atoms with E-state index in [-0.39, 0.29) is 18.1 Å². The van der Waals surface area contributed by atoms with Crippen molar-refractivity contribution in [3.63, 3.8) is 0 Å². The number of ether oxygens (including phenoxy) is 2. The van der Waals surface area contributed by atoms with Crippen molar-refractivity contribution >= 4 is 46.5 Å². The number of hydrogen-bond acceptors (Lipinski definition) is 6. The van der Waals surface area contributed by atoms with E-state index >= 15 is 0 Å². The number of nitrogens with zero attached hydrogens (tertiary/aromatic N) is 3. The number of carbonyl (C=O) groups is 1. The maximum Gasteiger partial charge on any atom is 0.271 e. The SMILES string of the molecule is C=CCc1cc(/C=c2\sc3n(c2=O)[C@H](c2ccc(Cl)cc2)C(C(=O)N(CC)CC)=C(C)N=3)cc(OCC)c1OCc1ccccc1Cl. The smallest absolute Gasteiger partial charge is 0.271 e. The van der Waals surface area contributed by atoms with E-state index in [4.69, 9.17) is 37.7 Å². The van der Waals surface area contributed by atoms with Crippen LogP contribution in [0, 0.1) is 0 Å². The average Bonchev–Trinajstić information content (AvgIpc) is 3.35. The summed E-state index contributed by atoms with van der Waals surface area (Å²) in [6, 6.07) is 18.0. The van der Waals surface area contributed by atoms with Crippen molar-refractivity contribution in [2.75, 3.05) is 19.7 Å². The lowest BCUT2D eigenvalue weighted by Crippen LogP contribution is -2.43. The molecule has 0 spiro atoms. The van der Waals surface area contributed by atoms with E-state index in [0.717, 1.165) is 22.3 Å². The number of carbonyl (C=O) groups excluding carboxylic acids is 1. The molecule has 0 radical (unpaired) electrons. The zero-order chi connectivity index (χ0) is 33.7. The van der Waals surface area contributed by atoms with Crippen LogP contribution in [0.2, 0.25) is 10.0 Å². The zero-order valence-corrected chi connectivity index (χ0v) is 29.2. The Labute approximate surface area is 288 Å². The van der Waals surface area contributed by atoms with E-state index in [1.54, 1.807) is 27.7 Å². The fourth-order valence-corrected chi connectivity index (χ4v) is 7.02. The van der Waals surface area contributed by atoms with E-state index in [1.807, 2.05) is 82.3 Å². The summed E-state index contributed by atoms with van der Waals surface area (Å²) in [5.41, 5.74) is 4.07. The molecule has 0 aliphatic carbocycles. The molecular formula is C37H37Cl2N3O4S. The van der Waals surface area contributed by atoms with Crippen molar-refractivity contribution in [1.82, 2.24) is 9.47 Å². The van der Waals surface area contributed by atoms with Crippen LogP contribution in [-0.2, 0) is 17.8 Å². The standard InChI is InChI=1S/C37H37Cl2N3O4S/c1-6-12-26-19-24(20-30(45-9-4)34(26)46-22-27-13-10-11-14-29(27)39)21-31-35(43)42-33(25-15-17-28(38)18-16-25)32(23(5)40-37(42)47-31)36(44)41(7-2)8-3/h6,10-11,13-21,33H,1,7-9,12,22H2,2-5H3/b31-21-/t33-/m1/s1. The maximum absolute atomic E-state index is 14.3. The molecule has 0 saturated heterocycles. The van der Waals surface area contributed by atoms with Gasteiger partial charge in [-0.25, -0.2) is 4.99 Å². The first-order chi connectivity index (χ1) is 22.7. The lowest BCUT2D eigenvalue weighted by Gasteiger charge is -2.29. The molecule has 4 aromatic rings. The third-order valence-electron chi connectivity index (χ3n) is 7.93. The van der Waals surface area contributed by atoms with E-state index in [9.17, 15) is 9.59 Å². The normalized spacial score (nSPS) is 14.4. The molecule has 0 saturated carbocycles. The van der Waals surface area contributed by atoms with Crippen LogP contribution >= 0.6 is 34.5 Å². The molecule has 0 fully saturated rings. The predicted octanol–water partition coefficient (Wildman–Crippen LogP) is 7.12. The lowest BCUT2D eigenvalue weighted by atomic mass is 9.94. The van der Waals surface area contributed by atoms with Crippen LogP contribution in [0.3, 0.4) is 0 Å². The van der Waals surface area contributed by atoms with Gasteiger partial charge in [-0.05, 0) is 81.7 Å². The van der Waals surface area contributed by atoms with Crippen molar-refractivity contribution < 1.29 is 14.3 Å². The Morgan fingerprint density at radius 3 is 2.43 bits per heavy atom. The minimum absolute atomic E-state index is 0.145. The summed E-state index contributed by atoms with van der Waals surface area (Å²) in [7, 11) is 0. The van der Waals surface area contributed by atoms with Gasteiger partial charge in [0.25, 0.3) is 11.5 Å². The molecule has 1 amide bonds. The maximum atomic E-state index is 14.3. The Hall–Kier alpha value is -4.11. The van der Waals surface area contributed by atoms with Gasteiger partial charge in [-0.3, -0.25) is 14.2 Å². The number of rotatable bonds is 12. The summed E-state index contributed by atoms with van der Waals surface area (Å²) in [4.78, 5) is 35.2. The van der Waals surface area contributed by atoms with E-state index in [0.29, 0.717) is 68.3 Å². The molecule has 1 atom stereocenters. The molecule has 47 heavy (non-hydrogen) atoms. The van der Waals surface area contributed by atoms with Gasteiger partial charge in [0.05, 0.1) is 28.5 Å². The third kappa shape index (κ3) is 7.25. The van der Waals surface area contributed by atoms with Gasteiger partial charge in [0.15, 0.2) is 16.3 Å². The summed E-state index contributed by atoms with van der Waals surface area (Å²) in [6.45, 7) is 13.3. The zero-order valence-electron chi connectivity index (χ0n) is 26.9. The molecule has 1 aliphatic rings. The van der Waals surface area contributed by atoms with Gasteiger partial charge in [-0.1, -0.05) is 70.9 Å². The molecule has 10 heteroatoms. The minimum Gasteiger partial charge on any atom is -0.490 e. The van der Waals surface area contributed by atoms with Crippen molar-refractivity contribution in [2.45, 2.75) is 46.8 Å². The van der Waals surface area contributed by atoms with Gasteiger partial charge in [0.2, 0.25) is 0 Å². The summed E-state index contributed by atoms with van der Waals surface area (Å²) >= 11 is 13.9. The predicted molar refractivity (Wildman–Crippen MR) is 190 cm³/mol. The van der Waals surface area contributed by atoms with Gasteiger partial charge < -0.3 is 14.4 Å². The summed E-state index contributed by atoms with van der Waals surface area (Å²) in [5.74, 6) is 1.01. The van der Waals surface area contributed by atoms with Crippen LogP contribution in [0.25, 0.3) is 6.08 Å². The molecule has 0 bridgehead atoms. The second-order valence-electron chi connectivity index (χ2n) is 10.9. The average molecular weight is 691 g/mol. The molecule has 1 aliphatic heterocycles. The molecule has 1 aromatic heterocycles. The number of allylic oxidation sites excluding steroid dienone is 2. The Bertz CT molecular complexity index is 2010. The summed E-state index contributed by atoms with van der Waals surface area (Å²) in [6.07, 6.45) is 4.16. The van der Waals surface area contributed by atoms with Gasteiger partial charge >= 0.3 is 0 Å². The van der Waals surface area contributed by atoms with Crippen molar-refractivity contribution in [1.29, 1.82) is 0 Å². The Kier molecular flexibility index (Phi) is 11.1. The van der Waals surface area contributed by atoms with Gasteiger partial charge in [-0.2, -0.15) is 0 Å². The second kappa shape index (κ2) is 15.2. The van der Waals surface area contributed by atoms with Crippen LogP contribution in [0.15, 0.2) is 94.4 Å². The van der Waals surface area contributed by atoms with Gasteiger partial charge in [0.1, 0.15) is 6.61 Å². The van der Waals surface area contributed by atoms with Crippen LogP contribution in [0.1, 0.15) is 56.0 Å². The van der Waals surface area contributed by atoms with Crippen molar-refractivity contribution in [2.24, 2.45) is 4.99 Å². The molecule has 7 nitrogen and oxygen atoms in total. The third-order valence-corrected chi connectivity index (χ3v) is 9.54. The van der Waals surface area contributed by atoms with E-state index in [1.165, 1.54) is 11.3 Å². The fraction of sp³-hybridized carbons (Fsp3) is 0.270. The minimum atomic E-state index is -0.658. The molecule has 5 rings (SSSR count). The van der Waals surface area contributed by atoms with Crippen LogP contribution in [-0.4, -0.2) is 35.1 Å². The molecule has 2 heterocycles. The summed E-state index contributed by atoms with van der Waals surface area (Å²) < 4.78 is 14.4. The number of benzene rings is 3. The summed E-state index contributed by atoms with van der Waals surface area (Å²) in [5, 5.41) is 1.19. The lowest BCUT2D eigenvalue weighted by molar-refractivity contribution is -0.127. The number of halogens is 2. The Balaban J connectivity index is 1.64. The molecular weight excluding hydrogens is 653 g/mol. The largest absolute Gasteiger partial charge is 0.490 e. The molecule has 0 unspecified atom stereocenters. The van der Waals surface area contributed by atoms with E-state index in [2.05, 4.69) is 6.58 Å². The number of hydrogen-bond donors (Lipinski definition) is 0. The number of fused-ring (bicyclic) bond motifs is 1. The van der Waals surface area contributed by atoms with E-state index < -0.39 is 6.04 Å². The fourth-order valence-electron chi connectivity index (χ4n) is 5.65. The Morgan fingerprint density at radius 1 is 1.04 bits per heavy atom. The van der Waals surface area contributed by atoms with Gasteiger partial charge in [-0.15, -0.1) is 6.58 Å². The first kappa shape index (κ1) is 34.2. The highest BCUT2D eigenvalue weighted by Gasteiger charge is 2.34. The highest BCUT2D eigenvalue weighted by molar-refractivity contribution is 7.07. The number of likely N-dealkylation sites (N-methyl/N-ethyl adjacent to an activating group) is 1. The van der Waals surface area contributed by atoms with Crippen LogP contribution in [0.5, 0.6) is 11.5 Å². The van der Waals surface area contributed by atoms with Crippen LogP contribution in [0.4, 0.5) is 0 Å². The second-order valence-corrected chi connectivity index (χ2v) is 12.8. The Morgan fingerprint density at radius 2 is 1.77 bits per heavy atom. The number of aromatic nitrogens is 1. The van der Waals surface area contributed by atoms with Crippen molar-refractivity contribution in [3.8, 4) is 11.5 Å². The molecule has 244 valence electrons. The monoisotopic (exact) mass is 689 g/mol. The first-order valence-electron chi connectivity index (χ1n) is 15.5. The first-order valence-corrected chi connectivity index (χ1v) is 17.1. The quantitative estimate of drug-likeness (QED) is 0.149. The molecule has 0 N–H and O–H groups in total. The number of thiazole rings is 1. The highest BCUT2D eigenvalue weighted by Crippen LogP contribution is 2.36. The van der Waals surface area contributed by atoms with Crippen LogP contribution < -0.4 is 24.4 Å². The number of amides is 1.